The highest BCUT2D eigenvalue weighted by Gasteiger charge is 2.14. The molecule has 1 N–H and O–H groups in total. The predicted molar refractivity (Wildman–Crippen MR) is 109 cm³/mol. The van der Waals surface area contributed by atoms with Crippen LogP contribution in [0.15, 0.2) is 67.0 Å². The van der Waals surface area contributed by atoms with Gasteiger partial charge in [-0.3, -0.25) is 4.79 Å². The largest absolute Gasteiger partial charge is 0.352 e. The predicted octanol–water partition coefficient (Wildman–Crippen LogP) is 4.32. The van der Waals surface area contributed by atoms with E-state index in [4.69, 9.17) is 0 Å². The maximum Gasteiger partial charge on any atom is 0.274 e. The van der Waals surface area contributed by atoms with Crippen molar-refractivity contribution in [1.82, 2.24) is 9.97 Å². The number of carbonyl (C=O) groups excluding carboxylic acids is 1. The molecule has 27 heavy (non-hydrogen) atoms. The standard InChI is InChI=1S/C22H24N4O/c1-3-18-12-8-9-13-19(18)25-22(27)20-14-21(24-16-23-20)26(4-2)15-17-10-6-5-7-11-17/h5-14,16H,3-4,15H2,1-2H3,(H,25,27). The number of carbonyl (C=O) groups is 1. The van der Waals surface area contributed by atoms with Crippen molar-refractivity contribution in [3.63, 3.8) is 0 Å². The van der Waals surface area contributed by atoms with Crippen molar-refractivity contribution >= 4 is 17.4 Å². The first-order valence-corrected chi connectivity index (χ1v) is 9.21. The molecule has 0 saturated heterocycles. The third kappa shape index (κ3) is 4.70. The van der Waals surface area contributed by atoms with Crippen molar-refractivity contribution in [2.24, 2.45) is 0 Å². The van der Waals surface area contributed by atoms with Crippen LogP contribution in [0.4, 0.5) is 11.5 Å². The first-order valence-electron chi connectivity index (χ1n) is 9.21. The van der Waals surface area contributed by atoms with E-state index in [1.807, 2.05) is 42.5 Å². The molecule has 0 spiro atoms. The molecule has 0 saturated carbocycles. The van der Waals surface area contributed by atoms with Gasteiger partial charge in [0.15, 0.2) is 0 Å². The van der Waals surface area contributed by atoms with Gasteiger partial charge < -0.3 is 10.2 Å². The molecule has 1 amide bonds. The fraction of sp³-hybridized carbons (Fsp3) is 0.227. The quantitative estimate of drug-likeness (QED) is 0.682. The molecule has 0 bridgehead atoms. The van der Waals surface area contributed by atoms with Crippen molar-refractivity contribution in [2.75, 3.05) is 16.8 Å². The fourth-order valence-corrected chi connectivity index (χ4v) is 2.94. The third-order valence-corrected chi connectivity index (χ3v) is 4.45. The molecule has 0 aliphatic carbocycles. The van der Waals surface area contributed by atoms with E-state index in [0.717, 1.165) is 36.6 Å². The SMILES string of the molecule is CCc1ccccc1NC(=O)c1cc(N(CC)Cc2ccccc2)ncn1. The number of anilines is 2. The Balaban J connectivity index is 1.78. The summed E-state index contributed by atoms with van der Waals surface area (Å²) in [7, 11) is 0. The number of nitrogens with one attached hydrogen (secondary N) is 1. The summed E-state index contributed by atoms with van der Waals surface area (Å²) in [6.07, 6.45) is 2.30. The van der Waals surface area contributed by atoms with E-state index in [2.05, 4.69) is 46.2 Å². The molecular formula is C22H24N4O. The van der Waals surface area contributed by atoms with Crippen LogP contribution in [-0.2, 0) is 13.0 Å². The number of hydrogen-bond acceptors (Lipinski definition) is 4. The van der Waals surface area contributed by atoms with Gasteiger partial charge in [0.25, 0.3) is 5.91 Å². The molecule has 0 fully saturated rings. The molecule has 0 unspecified atom stereocenters. The van der Waals surface area contributed by atoms with Crippen LogP contribution in [0.1, 0.15) is 35.5 Å². The van der Waals surface area contributed by atoms with Crippen molar-refractivity contribution in [2.45, 2.75) is 26.8 Å². The molecule has 1 heterocycles. The number of para-hydroxylation sites is 1. The number of hydrogen-bond donors (Lipinski definition) is 1. The number of aromatic nitrogens is 2. The summed E-state index contributed by atoms with van der Waals surface area (Å²) < 4.78 is 0. The van der Waals surface area contributed by atoms with E-state index in [9.17, 15) is 4.79 Å². The Hall–Kier alpha value is -3.21. The van der Waals surface area contributed by atoms with Gasteiger partial charge in [-0.15, -0.1) is 0 Å². The number of rotatable bonds is 7. The highest BCUT2D eigenvalue weighted by molar-refractivity contribution is 6.03. The van der Waals surface area contributed by atoms with Gasteiger partial charge in [-0.1, -0.05) is 55.5 Å². The Morgan fingerprint density at radius 1 is 1.00 bits per heavy atom. The van der Waals surface area contributed by atoms with Crippen LogP contribution in [0.2, 0.25) is 0 Å². The normalized spacial score (nSPS) is 10.4. The van der Waals surface area contributed by atoms with Crippen LogP contribution >= 0.6 is 0 Å². The van der Waals surface area contributed by atoms with Gasteiger partial charge in [-0.05, 0) is 30.5 Å². The lowest BCUT2D eigenvalue weighted by molar-refractivity contribution is 0.102. The van der Waals surface area contributed by atoms with Gasteiger partial charge in [-0.2, -0.15) is 0 Å². The van der Waals surface area contributed by atoms with Gasteiger partial charge in [0.05, 0.1) is 0 Å². The molecule has 3 rings (SSSR count). The van der Waals surface area contributed by atoms with E-state index in [0.29, 0.717) is 5.69 Å². The van der Waals surface area contributed by atoms with Crippen molar-refractivity contribution < 1.29 is 4.79 Å². The number of amides is 1. The second kappa shape index (κ2) is 8.94. The molecule has 0 aliphatic heterocycles. The molecule has 5 heteroatoms. The number of benzene rings is 2. The highest BCUT2D eigenvalue weighted by atomic mass is 16.1. The molecule has 1 aromatic heterocycles. The van der Waals surface area contributed by atoms with Crippen LogP contribution in [0.5, 0.6) is 0 Å². The van der Waals surface area contributed by atoms with Crippen molar-refractivity contribution in [3.05, 3.63) is 83.8 Å². The lowest BCUT2D eigenvalue weighted by Gasteiger charge is -2.22. The summed E-state index contributed by atoms with van der Waals surface area (Å²) in [6.45, 7) is 5.65. The van der Waals surface area contributed by atoms with E-state index >= 15 is 0 Å². The van der Waals surface area contributed by atoms with E-state index in [-0.39, 0.29) is 5.91 Å². The minimum Gasteiger partial charge on any atom is -0.352 e. The van der Waals surface area contributed by atoms with Crippen LogP contribution in [0, 0.1) is 0 Å². The number of nitrogens with zero attached hydrogens (tertiary/aromatic N) is 3. The van der Waals surface area contributed by atoms with Gasteiger partial charge in [0.1, 0.15) is 17.8 Å². The number of aryl methyl sites for hydroxylation is 1. The maximum atomic E-state index is 12.7. The summed E-state index contributed by atoms with van der Waals surface area (Å²) >= 11 is 0. The minimum absolute atomic E-state index is 0.227. The molecular weight excluding hydrogens is 336 g/mol. The van der Waals surface area contributed by atoms with Gasteiger partial charge in [0.2, 0.25) is 0 Å². The van der Waals surface area contributed by atoms with Crippen LogP contribution in [0.25, 0.3) is 0 Å². The Morgan fingerprint density at radius 3 is 2.48 bits per heavy atom. The topological polar surface area (TPSA) is 58.1 Å². The van der Waals surface area contributed by atoms with Gasteiger partial charge in [-0.25, -0.2) is 9.97 Å². The van der Waals surface area contributed by atoms with E-state index < -0.39 is 0 Å². The summed E-state index contributed by atoms with van der Waals surface area (Å²) in [5.74, 6) is 0.514. The van der Waals surface area contributed by atoms with Crippen LogP contribution < -0.4 is 10.2 Å². The minimum atomic E-state index is -0.227. The average molecular weight is 360 g/mol. The van der Waals surface area contributed by atoms with Gasteiger partial charge in [0, 0.05) is 24.8 Å². The second-order valence-corrected chi connectivity index (χ2v) is 6.23. The van der Waals surface area contributed by atoms with Crippen molar-refractivity contribution in [3.8, 4) is 0 Å². The summed E-state index contributed by atoms with van der Waals surface area (Å²) in [5.41, 5.74) is 3.47. The van der Waals surface area contributed by atoms with E-state index in [1.165, 1.54) is 11.9 Å². The molecule has 0 atom stereocenters. The Labute approximate surface area is 160 Å². The van der Waals surface area contributed by atoms with Gasteiger partial charge >= 0.3 is 0 Å². The maximum absolute atomic E-state index is 12.7. The third-order valence-electron chi connectivity index (χ3n) is 4.45. The summed E-state index contributed by atoms with van der Waals surface area (Å²) in [4.78, 5) is 23.3. The summed E-state index contributed by atoms with van der Waals surface area (Å²) in [6, 6.07) is 19.8. The van der Waals surface area contributed by atoms with Crippen LogP contribution in [0.3, 0.4) is 0 Å². The summed E-state index contributed by atoms with van der Waals surface area (Å²) in [5, 5.41) is 2.96. The lowest BCUT2D eigenvalue weighted by Crippen LogP contribution is -2.24. The monoisotopic (exact) mass is 360 g/mol. The first-order chi connectivity index (χ1) is 13.2. The lowest BCUT2D eigenvalue weighted by atomic mass is 10.1. The van der Waals surface area contributed by atoms with Crippen molar-refractivity contribution in [1.29, 1.82) is 0 Å². The van der Waals surface area contributed by atoms with E-state index in [1.54, 1.807) is 6.07 Å². The molecule has 0 aliphatic rings. The Morgan fingerprint density at radius 2 is 1.74 bits per heavy atom. The smallest absolute Gasteiger partial charge is 0.274 e. The Kier molecular flexibility index (Phi) is 6.15. The zero-order valence-corrected chi connectivity index (χ0v) is 15.7. The highest BCUT2D eigenvalue weighted by Crippen LogP contribution is 2.18. The molecule has 0 radical (unpaired) electrons. The molecule has 2 aromatic carbocycles. The second-order valence-electron chi connectivity index (χ2n) is 6.23. The first kappa shape index (κ1) is 18.6. The molecule has 3 aromatic rings. The fourth-order valence-electron chi connectivity index (χ4n) is 2.94. The zero-order valence-electron chi connectivity index (χ0n) is 15.7. The zero-order chi connectivity index (χ0) is 19.1. The molecule has 138 valence electrons. The van der Waals surface area contributed by atoms with Crippen LogP contribution in [-0.4, -0.2) is 22.4 Å². The molecule has 5 nitrogen and oxygen atoms in total. The average Bonchev–Trinajstić information content (AvgIpc) is 2.73. The Bertz CT molecular complexity index is 896.